The van der Waals surface area contributed by atoms with Gasteiger partial charge in [-0.3, -0.25) is 4.90 Å². The molecule has 1 heterocycles. The maximum Gasteiger partial charge on any atom is 0.150 e. The molecule has 2 unspecified atom stereocenters. The van der Waals surface area contributed by atoms with Crippen molar-refractivity contribution in [1.29, 1.82) is 0 Å². The van der Waals surface area contributed by atoms with Crippen LogP contribution in [-0.4, -0.2) is 50.5 Å². The lowest BCUT2D eigenvalue weighted by Crippen LogP contribution is -2.56. The maximum absolute atomic E-state index is 11.5. The molecule has 0 amide bonds. The fourth-order valence-corrected chi connectivity index (χ4v) is 4.06. The van der Waals surface area contributed by atoms with E-state index in [1.54, 1.807) is 0 Å². The van der Waals surface area contributed by atoms with Gasteiger partial charge in [0.1, 0.15) is 9.84 Å². The van der Waals surface area contributed by atoms with Crippen LogP contribution in [0, 0.1) is 5.92 Å². The zero-order valence-corrected chi connectivity index (χ0v) is 10.7. The molecule has 1 saturated heterocycles. The minimum absolute atomic E-state index is 0.108. The quantitative estimate of drug-likeness (QED) is 0.774. The van der Waals surface area contributed by atoms with Gasteiger partial charge >= 0.3 is 0 Å². The molecule has 0 bridgehead atoms. The van der Waals surface area contributed by atoms with E-state index in [0.717, 1.165) is 45.3 Å². The average molecular weight is 246 g/mol. The smallest absolute Gasteiger partial charge is 0.150 e. The van der Waals surface area contributed by atoms with E-state index < -0.39 is 9.84 Å². The summed E-state index contributed by atoms with van der Waals surface area (Å²) in [4.78, 5) is 2.41. The van der Waals surface area contributed by atoms with E-state index in [1.807, 2.05) is 0 Å². The Morgan fingerprint density at radius 2 is 2.00 bits per heavy atom. The van der Waals surface area contributed by atoms with Gasteiger partial charge in [0, 0.05) is 25.4 Å². The second-order valence-electron chi connectivity index (χ2n) is 5.33. The van der Waals surface area contributed by atoms with Gasteiger partial charge in [0.2, 0.25) is 0 Å². The number of rotatable bonds is 3. The van der Waals surface area contributed by atoms with Gasteiger partial charge in [0.05, 0.1) is 5.25 Å². The Morgan fingerprint density at radius 1 is 1.31 bits per heavy atom. The Hall–Kier alpha value is -0.130. The molecule has 2 atom stereocenters. The number of hydrogen-bond acceptors (Lipinski definition) is 4. The number of hydrogen-bond donors (Lipinski definition) is 1. The number of sulfone groups is 1. The third-order valence-corrected chi connectivity index (χ3v) is 5.68. The van der Waals surface area contributed by atoms with Gasteiger partial charge in [-0.05, 0) is 31.7 Å². The monoisotopic (exact) mass is 246 g/mol. The summed E-state index contributed by atoms with van der Waals surface area (Å²) >= 11 is 0. The van der Waals surface area contributed by atoms with Crippen molar-refractivity contribution in [3.05, 3.63) is 0 Å². The summed E-state index contributed by atoms with van der Waals surface area (Å²) in [5.74, 6) is 0.638. The van der Waals surface area contributed by atoms with Gasteiger partial charge in [-0.15, -0.1) is 0 Å². The Bertz CT molecular complexity index is 336. The number of nitrogens with zero attached hydrogens (tertiary/aromatic N) is 1. The minimum atomic E-state index is -2.85. The first kappa shape index (κ1) is 12.3. The predicted molar refractivity (Wildman–Crippen MR) is 65.0 cm³/mol. The van der Waals surface area contributed by atoms with Gasteiger partial charge in [-0.1, -0.05) is 6.42 Å². The van der Waals surface area contributed by atoms with Crippen molar-refractivity contribution in [2.75, 3.05) is 25.9 Å². The SMILES string of the molecule is CS(=O)(=O)C1CCCC(N2CC(CN)C2)C1. The first-order chi connectivity index (χ1) is 7.50. The molecule has 2 rings (SSSR count). The van der Waals surface area contributed by atoms with Crippen LogP contribution in [0.1, 0.15) is 25.7 Å². The zero-order chi connectivity index (χ0) is 11.8. The summed E-state index contributed by atoms with van der Waals surface area (Å²) in [6.45, 7) is 2.90. The topological polar surface area (TPSA) is 63.4 Å². The molecule has 94 valence electrons. The summed E-state index contributed by atoms with van der Waals surface area (Å²) in [7, 11) is -2.85. The van der Waals surface area contributed by atoms with Crippen LogP contribution >= 0.6 is 0 Å². The molecule has 1 saturated carbocycles. The lowest BCUT2D eigenvalue weighted by atomic mass is 9.89. The molecule has 0 aromatic heterocycles. The van der Waals surface area contributed by atoms with E-state index >= 15 is 0 Å². The van der Waals surface area contributed by atoms with Gasteiger partial charge in [-0.2, -0.15) is 0 Å². The molecule has 2 fully saturated rings. The largest absolute Gasteiger partial charge is 0.330 e. The first-order valence-corrected chi connectivity index (χ1v) is 8.09. The van der Waals surface area contributed by atoms with Crippen LogP contribution in [0.15, 0.2) is 0 Å². The van der Waals surface area contributed by atoms with Crippen molar-refractivity contribution in [3.63, 3.8) is 0 Å². The highest BCUT2D eigenvalue weighted by molar-refractivity contribution is 7.91. The van der Waals surface area contributed by atoms with Crippen molar-refractivity contribution < 1.29 is 8.42 Å². The molecule has 16 heavy (non-hydrogen) atoms. The van der Waals surface area contributed by atoms with Gasteiger partial charge < -0.3 is 5.73 Å². The number of nitrogens with two attached hydrogens (primary N) is 1. The first-order valence-electron chi connectivity index (χ1n) is 6.13. The van der Waals surface area contributed by atoms with E-state index in [0.29, 0.717) is 12.0 Å². The fourth-order valence-electron chi connectivity index (χ4n) is 2.90. The summed E-state index contributed by atoms with van der Waals surface area (Å²) < 4.78 is 23.1. The zero-order valence-electron chi connectivity index (χ0n) is 9.93. The highest BCUT2D eigenvalue weighted by Crippen LogP contribution is 2.31. The fraction of sp³-hybridized carbons (Fsp3) is 1.00. The third-order valence-electron chi connectivity index (χ3n) is 4.04. The van der Waals surface area contributed by atoms with Crippen molar-refractivity contribution in [3.8, 4) is 0 Å². The minimum Gasteiger partial charge on any atom is -0.330 e. The summed E-state index contributed by atoms with van der Waals surface area (Å²) in [6, 6.07) is 0.483. The average Bonchev–Trinajstić information content (AvgIpc) is 2.15. The van der Waals surface area contributed by atoms with E-state index in [4.69, 9.17) is 5.73 Å². The van der Waals surface area contributed by atoms with E-state index in [9.17, 15) is 8.42 Å². The van der Waals surface area contributed by atoms with Crippen LogP contribution in [0.4, 0.5) is 0 Å². The van der Waals surface area contributed by atoms with E-state index in [1.165, 1.54) is 6.26 Å². The normalized spacial score (nSPS) is 33.6. The Kier molecular flexibility index (Phi) is 3.56. The molecule has 2 aliphatic rings. The lowest BCUT2D eigenvalue weighted by Gasteiger charge is -2.46. The molecular weight excluding hydrogens is 224 g/mol. The molecule has 1 aliphatic carbocycles. The molecule has 1 aliphatic heterocycles. The van der Waals surface area contributed by atoms with Gasteiger partial charge in [0.15, 0.2) is 0 Å². The maximum atomic E-state index is 11.5. The second-order valence-corrected chi connectivity index (χ2v) is 7.65. The lowest BCUT2D eigenvalue weighted by molar-refractivity contribution is 0.0401. The Labute approximate surface area is 98.1 Å². The molecular formula is C11H22N2O2S. The van der Waals surface area contributed by atoms with Gasteiger partial charge in [0.25, 0.3) is 0 Å². The molecule has 5 heteroatoms. The molecule has 0 aromatic rings. The van der Waals surface area contributed by atoms with Crippen LogP contribution in [0.2, 0.25) is 0 Å². The van der Waals surface area contributed by atoms with Crippen LogP contribution in [0.25, 0.3) is 0 Å². The third kappa shape index (κ3) is 2.57. The Morgan fingerprint density at radius 3 is 2.56 bits per heavy atom. The highest BCUT2D eigenvalue weighted by Gasteiger charge is 2.36. The van der Waals surface area contributed by atoms with Crippen LogP contribution in [0.5, 0.6) is 0 Å². The molecule has 0 aromatic carbocycles. The van der Waals surface area contributed by atoms with Gasteiger partial charge in [-0.25, -0.2) is 8.42 Å². The standard InChI is InChI=1S/C11H22N2O2S/c1-16(14,15)11-4-2-3-10(5-11)13-7-9(6-12)8-13/h9-11H,2-8,12H2,1H3. The summed E-state index contributed by atoms with van der Waals surface area (Å²) in [5.41, 5.74) is 5.60. The van der Waals surface area contributed by atoms with E-state index in [-0.39, 0.29) is 5.25 Å². The van der Waals surface area contributed by atoms with Crippen molar-refractivity contribution >= 4 is 9.84 Å². The van der Waals surface area contributed by atoms with Crippen molar-refractivity contribution in [1.82, 2.24) is 4.90 Å². The Balaban J connectivity index is 1.88. The molecule has 2 N–H and O–H groups in total. The number of likely N-dealkylation sites (tertiary alicyclic amines) is 1. The van der Waals surface area contributed by atoms with Crippen molar-refractivity contribution in [2.45, 2.75) is 37.0 Å². The molecule has 0 radical (unpaired) electrons. The molecule has 0 spiro atoms. The van der Waals surface area contributed by atoms with E-state index in [2.05, 4.69) is 4.90 Å². The van der Waals surface area contributed by atoms with Crippen LogP contribution in [0.3, 0.4) is 0 Å². The van der Waals surface area contributed by atoms with Crippen LogP contribution < -0.4 is 5.73 Å². The predicted octanol–water partition coefficient (Wildman–Crippen LogP) is 0.233. The summed E-state index contributed by atoms with van der Waals surface area (Å²) in [6.07, 6.45) is 5.26. The molecule has 4 nitrogen and oxygen atoms in total. The second kappa shape index (κ2) is 4.63. The van der Waals surface area contributed by atoms with Crippen LogP contribution in [-0.2, 0) is 9.84 Å². The summed E-state index contributed by atoms with van der Waals surface area (Å²) in [5, 5.41) is -0.108. The highest BCUT2D eigenvalue weighted by atomic mass is 32.2. The van der Waals surface area contributed by atoms with Crippen molar-refractivity contribution in [2.24, 2.45) is 11.7 Å².